The fourth-order valence-corrected chi connectivity index (χ4v) is 3.89. The van der Waals surface area contributed by atoms with Crippen molar-refractivity contribution in [2.45, 2.75) is 25.0 Å². The average Bonchev–Trinajstić information content (AvgIpc) is 2.86. The Morgan fingerprint density at radius 1 is 0.879 bits per heavy atom. The van der Waals surface area contributed by atoms with Crippen molar-refractivity contribution in [1.29, 1.82) is 0 Å². The molecule has 0 radical (unpaired) electrons. The Kier molecular flexibility index (Phi) is 7.95. The third-order valence-electron chi connectivity index (χ3n) is 5.67. The van der Waals surface area contributed by atoms with Crippen LogP contribution in [0.25, 0.3) is 0 Å². The minimum absolute atomic E-state index is 0.0253. The Bertz CT molecular complexity index is 988. The van der Waals surface area contributed by atoms with Crippen LogP contribution in [-0.2, 0) is 0 Å². The number of aliphatic hydroxyl groups is 1. The van der Waals surface area contributed by atoms with Gasteiger partial charge in [0.1, 0.15) is 30.0 Å². The highest BCUT2D eigenvalue weighted by Gasteiger charge is 2.22. The molecule has 1 atom stereocenters. The lowest BCUT2D eigenvalue weighted by Gasteiger charge is -2.33. The van der Waals surface area contributed by atoms with E-state index in [4.69, 9.17) is 9.47 Å². The lowest BCUT2D eigenvalue weighted by molar-refractivity contribution is 0.0568. The molecule has 1 heterocycles. The predicted molar refractivity (Wildman–Crippen MR) is 128 cm³/mol. The van der Waals surface area contributed by atoms with Gasteiger partial charge in [0, 0.05) is 31.2 Å². The standard InChI is InChI=1S/C27H30N2O4/c30-23(20-32-24-11-13-26(14-12-24)33-25-9-5-2-6-10-25)19-29-17-15-22(16-18-29)28-27(31)21-7-3-1-4-8-21/h1-14,22-23,30H,15-20H2,(H,28,31)/t23-/m1/s1. The van der Waals surface area contributed by atoms with E-state index in [1.165, 1.54) is 0 Å². The van der Waals surface area contributed by atoms with Gasteiger partial charge in [-0.15, -0.1) is 0 Å². The number of hydrogen-bond donors (Lipinski definition) is 2. The molecule has 6 heteroatoms. The van der Waals surface area contributed by atoms with Crippen molar-refractivity contribution in [2.24, 2.45) is 0 Å². The lowest BCUT2D eigenvalue weighted by atomic mass is 10.0. The van der Waals surface area contributed by atoms with E-state index in [0.717, 1.165) is 37.4 Å². The Morgan fingerprint density at radius 2 is 1.45 bits per heavy atom. The van der Waals surface area contributed by atoms with Crippen LogP contribution in [0.4, 0.5) is 0 Å². The molecule has 0 unspecified atom stereocenters. The first kappa shape index (κ1) is 22.8. The molecule has 1 aliphatic heterocycles. The molecule has 0 aromatic heterocycles. The van der Waals surface area contributed by atoms with E-state index >= 15 is 0 Å². The molecular weight excluding hydrogens is 416 g/mol. The van der Waals surface area contributed by atoms with E-state index in [9.17, 15) is 9.90 Å². The van der Waals surface area contributed by atoms with Crippen LogP contribution in [-0.4, -0.2) is 54.3 Å². The highest BCUT2D eigenvalue weighted by atomic mass is 16.5. The maximum atomic E-state index is 12.3. The number of benzene rings is 3. The zero-order valence-electron chi connectivity index (χ0n) is 18.6. The van der Waals surface area contributed by atoms with E-state index in [1.807, 2.05) is 84.9 Å². The summed E-state index contributed by atoms with van der Waals surface area (Å²) in [5.74, 6) is 2.18. The van der Waals surface area contributed by atoms with Crippen molar-refractivity contribution >= 4 is 5.91 Å². The summed E-state index contributed by atoms with van der Waals surface area (Å²) in [7, 11) is 0. The highest BCUT2D eigenvalue weighted by molar-refractivity contribution is 5.94. The number of para-hydroxylation sites is 1. The van der Waals surface area contributed by atoms with Crippen LogP contribution >= 0.6 is 0 Å². The number of hydrogen-bond acceptors (Lipinski definition) is 5. The quantitative estimate of drug-likeness (QED) is 0.518. The number of amides is 1. The van der Waals surface area contributed by atoms with Crippen molar-refractivity contribution in [3.63, 3.8) is 0 Å². The molecule has 0 aliphatic carbocycles. The summed E-state index contributed by atoms with van der Waals surface area (Å²) in [5, 5.41) is 13.5. The molecule has 0 saturated carbocycles. The van der Waals surface area contributed by atoms with E-state index in [1.54, 1.807) is 0 Å². The molecule has 4 rings (SSSR count). The molecule has 0 bridgehead atoms. The van der Waals surface area contributed by atoms with Gasteiger partial charge in [-0.3, -0.25) is 4.79 Å². The summed E-state index contributed by atoms with van der Waals surface area (Å²) in [6.45, 7) is 2.45. The first-order valence-electron chi connectivity index (χ1n) is 11.4. The molecule has 33 heavy (non-hydrogen) atoms. The number of rotatable bonds is 9. The monoisotopic (exact) mass is 446 g/mol. The molecule has 1 amide bonds. The van der Waals surface area contributed by atoms with Gasteiger partial charge in [-0.25, -0.2) is 0 Å². The number of nitrogens with one attached hydrogen (secondary N) is 1. The van der Waals surface area contributed by atoms with Crippen molar-refractivity contribution in [2.75, 3.05) is 26.2 Å². The third-order valence-corrected chi connectivity index (χ3v) is 5.67. The summed E-state index contributed by atoms with van der Waals surface area (Å²) < 4.78 is 11.5. The number of β-amino-alcohol motifs (C(OH)–C–C–N with tert-alkyl or cyclic N) is 1. The summed E-state index contributed by atoms with van der Waals surface area (Å²) in [6.07, 6.45) is 1.16. The Balaban J connectivity index is 1.15. The van der Waals surface area contributed by atoms with Gasteiger partial charge in [-0.05, 0) is 61.4 Å². The molecule has 0 spiro atoms. The molecule has 1 aliphatic rings. The number of aliphatic hydroxyl groups excluding tert-OH is 1. The lowest BCUT2D eigenvalue weighted by Crippen LogP contribution is -2.47. The van der Waals surface area contributed by atoms with Gasteiger partial charge in [-0.1, -0.05) is 36.4 Å². The number of nitrogens with zero attached hydrogens (tertiary/aromatic N) is 1. The molecule has 1 saturated heterocycles. The number of carbonyl (C=O) groups is 1. The van der Waals surface area contributed by atoms with Crippen molar-refractivity contribution < 1.29 is 19.4 Å². The number of piperidine rings is 1. The zero-order chi connectivity index (χ0) is 22.9. The SMILES string of the molecule is O=C(NC1CCN(C[C@@H](O)COc2ccc(Oc3ccccc3)cc2)CC1)c1ccccc1. The molecule has 3 aromatic carbocycles. The van der Waals surface area contributed by atoms with Gasteiger partial charge in [0.15, 0.2) is 0 Å². The van der Waals surface area contributed by atoms with Crippen LogP contribution in [0, 0.1) is 0 Å². The topological polar surface area (TPSA) is 71.0 Å². The second-order valence-corrected chi connectivity index (χ2v) is 8.27. The van der Waals surface area contributed by atoms with Gasteiger partial charge in [0.25, 0.3) is 5.91 Å². The molecule has 172 valence electrons. The van der Waals surface area contributed by atoms with E-state index < -0.39 is 6.10 Å². The van der Waals surface area contributed by atoms with Crippen LogP contribution < -0.4 is 14.8 Å². The number of ether oxygens (including phenoxy) is 2. The molecule has 1 fully saturated rings. The van der Waals surface area contributed by atoms with Crippen LogP contribution in [0.5, 0.6) is 17.2 Å². The largest absolute Gasteiger partial charge is 0.491 e. The fourth-order valence-electron chi connectivity index (χ4n) is 3.89. The van der Waals surface area contributed by atoms with Crippen molar-refractivity contribution in [1.82, 2.24) is 10.2 Å². The number of likely N-dealkylation sites (tertiary alicyclic amines) is 1. The van der Waals surface area contributed by atoms with Gasteiger partial charge < -0.3 is 24.8 Å². The van der Waals surface area contributed by atoms with Crippen molar-refractivity contribution in [3.8, 4) is 17.2 Å². The predicted octanol–water partition coefficient (Wildman–Crippen LogP) is 4.11. The maximum absolute atomic E-state index is 12.3. The third kappa shape index (κ3) is 7.07. The average molecular weight is 447 g/mol. The highest BCUT2D eigenvalue weighted by Crippen LogP contribution is 2.23. The minimum Gasteiger partial charge on any atom is -0.491 e. The first-order valence-corrected chi connectivity index (χ1v) is 11.4. The molecule has 6 nitrogen and oxygen atoms in total. The summed E-state index contributed by atoms with van der Waals surface area (Å²) in [4.78, 5) is 14.5. The van der Waals surface area contributed by atoms with Gasteiger partial charge in [0.05, 0.1) is 0 Å². The smallest absolute Gasteiger partial charge is 0.251 e. The Labute approximate surface area is 194 Å². The summed E-state index contributed by atoms with van der Waals surface area (Å²) >= 11 is 0. The van der Waals surface area contributed by atoms with E-state index in [2.05, 4.69) is 10.2 Å². The van der Waals surface area contributed by atoms with E-state index in [-0.39, 0.29) is 18.6 Å². The van der Waals surface area contributed by atoms with Crippen LogP contribution in [0.2, 0.25) is 0 Å². The normalized spacial score (nSPS) is 15.5. The van der Waals surface area contributed by atoms with E-state index in [0.29, 0.717) is 17.9 Å². The van der Waals surface area contributed by atoms with Crippen LogP contribution in [0.3, 0.4) is 0 Å². The molecule has 2 N–H and O–H groups in total. The Morgan fingerprint density at radius 3 is 2.12 bits per heavy atom. The van der Waals surface area contributed by atoms with Crippen molar-refractivity contribution in [3.05, 3.63) is 90.5 Å². The Hall–Kier alpha value is -3.35. The van der Waals surface area contributed by atoms with Gasteiger partial charge >= 0.3 is 0 Å². The van der Waals surface area contributed by atoms with Crippen LogP contribution in [0.1, 0.15) is 23.2 Å². The number of carbonyl (C=O) groups excluding carboxylic acids is 1. The van der Waals surface area contributed by atoms with Gasteiger partial charge in [0.2, 0.25) is 0 Å². The zero-order valence-corrected chi connectivity index (χ0v) is 18.6. The fraction of sp³-hybridized carbons (Fsp3) is 0.296. The van der Waals surface area contributed by atoms with Gasteiger partial charge in [-0.2, -0.15) is 0 Å². The molecular formula is C27H30N2O4. The summed E-state index contributed by atoms with van der Waals surface area (Å²) in [5.41, 5.74) is 0.687. The second-order valence-electron chi connectivity index (χ2n) is 8.27. The molecule has 3 aromatic rings. The summed E-state index contributed by atoms with van der Waals surface area (Å²) in [6, 6.07) is 26.4. The van der Waals surface area contributed by atoms with Crippen LogP contribution in [0.15, 0.2) is 84.9 Å². The maximum Gasteiger partial charge on any atom is 0.251 e. The minimum atomic E-state index is -0.583. The first-order chi connectivity index (χ1) is 16.2. The second kappa shape index (κ2) is 11.5.